The van der Waals surface area contributed by atoms with Gasteiger partial charge in [-0.3, -0.25) is 19.3 Å². The third-order valence-electron chi connectivity index (χ3n) is 2.97. The molecule has 3 aromatic heterocycles. The molecular weight excluding hydrogens is 367 g/mol. The summed E-state index contributed by atoms with van der Waals surface area (Å²) in [5.74, 6) is 3.79. The normalized spacial score (nSPS) is 11.8. The topological polar surface area (TPSA) is 134 Å². The zero-order valence-electron chi connectivity index (χ0n) is 11.8. The minimum atomic E-state index is -4.86. The molecule has 0 radical (unpaired) electrons. The minimum Gasteiger partial charge on any atom is -0.335 e. The average Bonchev–Trinajstić information content (AvgIpc) is 2.88. The van der Waals surface area contributed by atoms with Gasteiger partial charge in [0.1, 0.15) is 5.65 Å². The van der Waals surface area contributed by atoms with Crippen molar-refractivity contribution in [2.45, 2.75) is 16.4 Å². The van der Waals surface area contributed by atoms with Crippen molar-refractivity contribution in [3.63, 3.8) is 0 Å². The number of nitrogens with zero attached hydrogens (tertiary/aromatic N) is 6. The molecule has 130 valence electrons. The van der Waals surface area contributed by atoms with Crippen LogP contribution < -0.4 is 11.4 Å². The number of nitro groups is 1. The summed E-state index contributed by atoms with van der Waals surface area (Å²) in [6.07, 6.45) is -3.58. The van der Waals surface area contributed by atoms with E-state index in [4.69, 9.17) is 5.84 Å². The second-order valence-electron chi connectivity index (χ2n) is 4.53. The Labute approximate surface area is 139 Å². The van der Waals surface area contributed by atoms with Crippen LogP contribution in [-0.2, 0) is 6.18 Å². The lowest BCUT2D eigenvalue weighted by molar-refractivity contribution is -0.389. The summed E-state index contributed by atoms with van der Waals surface area (Å²) in [4.78, 5) is 26.4. The van der Waals surface area contributed by atoms with Gasteiger partial charge in [-0.1, -0.05) is 6.07 Å². The molecule has 0 aliphatic rings. The number of fused-ring (bicyclic) bond motifs is 1. The van der Waals surface area contributed by atoms with Crippen molar-refractivity contribution in [1.82, 2.24) is 24.3 Å². The summed E-state index contributed by atoms with van der Waals surface area (Å²) in [6.45, 7) is 0. The van der Waals surface area contributed by atoms with E-state index >= 15 is 0 Å². The van der Waals surface area contributed by atoms with Crippen LogP contribution in [0.5, 0.6) is 0 Å². The fourth-order valence-corrected chi connectivity index (χ4v) is 2.75. The Bertz CT molecular complexity index is 1050. The predicted octanol–water partition coefficient (Wildman–Crippen LogP) is 1.08. The first-order valence-electron chi connectivity index (χ1n) is 6.31. The van der Waals surface area contributed by atoms with Crippen LogP contribution in [0.2, 0.25) is 0 Å². The van der Waals surface area contributed by atoms with Crippen molar-refractivity contribution in [1.29, 1.82) is 0 Å². The first kappa shape index (κ1) is 16.7. The zero-order valence-corrected chi connectivity index (χ0v) is 12.7. The molecule has 0 spiro atoms. The molecule has 3 rings (SSSR count). The maximum Gasteiger partial charge on any atom is 0.453 e. The van der Waals surface area contributed by atoms with Crippen LogP contribution in [0.1, 0.15) is 5.82 Å². The highest BCUT2D eigenvalue weighted by molar-refractivity contribution is 7.99. The van der Waals surface area contributed by atoms with Crippen molar-refractivity contribution in [2.75, 3.05) is 5.84 Å². The van der Waals surface area contributed by atoms with Crippen LogP contribution in [0.4, 0.5) is 18.9 Å². The average molecular weight is 373 g/mol. The molecule has 0 aromatic carbocycles. The van der Waals surface area contributed by atoms with Crippen LogP contribution in [0, 0.1) is 10.1 Å². The van der Waals surface area contributed by atoms with Gasteiger partial charge in [-0.05, 0) is 23.9 Å². The quantitative estimate of drug-likeness (QED) is 0.312. The number of pyridine rings is 1. The number of alkyl halides is 3. The number of aromatic nitrogens is 5. The molecule has 0 unspecified atom stereocenters. The maximum atomic E-state index is 12.7. The lowest BCUT2D eigenvalue weighted by atomic mass is 10.4. The summed E-state index contributed by atoms with van der Waals surface area (Å²) < 4.78 is 39.1. The molecule has 10 nitrogen and oxygen atoms in total. The third-order valence-corrected chi connectivity index (χ3v) is 3.91. The van der Waals surface area contributed by atoms with Gasteiger partial charge in [0.05, 0.1) is 4.92 Å². The zero-order chi connectivity index (χ0) is 18.4. The number of halogens is 3. The van der Waals surface area contributed by atoms with Crippen LogP contribution in [0.25, 0.3) is 5.65 Å². The van der Waals surface area contributed by atoms with Gasteiger partial charge >= 0.3 is 17.4 Å². The summed E-state index contributed by atoms with van der Waals surface area (Å²) in [5, 5.41) is 16.4. The van der Waals surface area contributed by atoms with E-state index in [1.165, 1.54) is 24.4 Å². The molecule has 0 bridgehead atoms. The van der Waals surface area contributed by atoms with E-state index in [0.29, 0.717) is 11.8 Å². The summed E-state index contributed by atoms with van der Waals surface area (Å²) in [7, 11) is 0. The van der Waals surface area contributed by atoms with Crippen LogP contribution in [0.15, 0.2) is 39.4 Å². The monoisotopic (exact) mass is 373 g/mol. The molecule has 3 heterocycles. The summed E-state index contributed by atoms with van der Waals surface area (Å²) in [6, 6.07) is 4.41. The molecule has 0 aliphatic heterocycles. The molecule has 14 heteroatoms. The van der Waals surface area contributed by atoms with Gasteiger partial charge < -0.3 is 5.84 Å². The Morgan fingerprint density at radius 2 is 2.00 bits per heavy atom. The van der Waals surface area contributed by atoms with Gasteiger partial charge in [0.15, 0.2) is 5.03 Å². The largest absolute Gasteiger partial charge is 0.453 e. The molecule has 0 saturated carbocycles. The van der Waals surface area contributed by atoms with Gasteiger partial charge in [0.2, 0.25) is 5.16 Å². The van der Waals surface area contributed by atoms with Crippen LogP contribution in [-0.4, -0.2) is 29.2 Å². The molecule has 0 fully saturated rings. The summed E-state index contributed by atoms with van der Waals surface area (Å²) >= 11 is 0.333. The predicted molar refractivity (Wildman–Crippen MR) is 77.4 cm³/mol. The molecule has 25 heavy (non-hydrogen) atoms. The Morgan fingerprint density at radius 3 is 2.60 bits per heavy atom. The number of hydrogen-bond acceptors (Lipinski definition) is 8. The minimum absolute atomic E-state index is 0.0692. The Morgan fingerprint density at radius 1 is 1.28 bits per heavy atom. The second kappa shape index (κ2) is 5.73. The third kappa shape index (κ3) is 2.86. The lowest BCUT2D eigenvalue weighted by Crippen LogP contribution is -2.22. The second-order valence-corrected chi connectivity index (χ2v) is 5.49. The molecule has 0 saturated heterocycles. The van der Waals surface area contributed by atoms with Crippen LogP contribution >= 0.6 is 11.8 Å². The van der Waals surface area contributed by atoms with Gasteiger partial charge in [0, 0.05) is 6.20 Å². The Kier molecular flexibility index (Phi) is 3.82. The van der Waals surface area contributed by atoms with E-state index in [1.807, 2.05) is 0 Å². The molecule has 0 amide bonds. The van der Waals surface area contributed by atoms with E-state index in [1.54, 1.807) is 0 Å². The number of nitrogens with two attached hydrogens (primary N) is 1. The number of hydrogen-bond donors (Lipinski definition) is 1. The molecule has 0 atom stereocenters. The molecule has 0 aliphatic carbocycles. The van der Waals surface area contributed by atoms with E-state index in [9.17, 15) is 28.1 Å². The van der Waals surface area contributed by atoms with Gasteiger partial charge in [-0.2, -0.15) is 13.2 Å². The highest BCUT2D eigenvalue weighted by atomic mass is 32.2. The van der Waals surface area contributed by atoms with Crippen molar-refractivity contribution in [3.05, 3.63) is 50.7 Å². The fourth-order valence-electron chi connectivity index (χ4n) is 1.91. The first-order chi connectivity index (χ1) is 11.7. The van der Waals surface area contributed by atoms with E-state index in [2.05, 4.69) is 15.2 Å². The van der Waals surface area contributed by atoms with Crippen LogP contribution in [0.3, 0.4) is 0 Å². The van der Waals surface area contributed by atoms with Crippen molar-refractivity contribution in [2.24, 2.45) is 0 Å². The van der Waals surface area contributed by atoms with E-state index in [0.717, 1.165) is 4.40 Å². The Balaban J connectivity index is 2.17. The first-order valence-corrected chi connectivity index (χ1v) is 7.13. The van der Waals surface area contributed by atoms with Crippen molar-refractivity contribution >= 4 is 23.1 Å². The van der Waals surface area contributed by atoms with Gasteiger partial charge in [-0.15, -0.1) is 10.2 Å². The van der Waals surface area contributed by atoms with Crippen molar-refractivity contribution in [3.8, 4) is 0 Å². The molecule has 2 N–H and O–H groups in total. The smallest absolute Gasteiger partial charge is 0.335 e. The van der Waals surface area contributed by atoms with Crippen molar-refractivity contribution < 1.29 is 18.1 Å². The molecular formula is C11H6F3N7O3S. The standard InChI is InChI=1S/C11H6F3N7O3S/c12-11(13,14)9-17-18-10(20(9)15)25-7-6(21(23)24)8(22)19-4-2-1-3-5(19)16-7/h1-4H,15H2. The fraction of sp³-hybridized carbons (Fsp3) is 0.0909. The van der Waals surface area contributed by atoms with E-state index in [-0.39, 0.29) is 10.3 Å². The maximum absolute atomic E-state index is 12.7. The van der Waals surface area contributed by atoms with E-state index < -0.39 is 38.4 Å². The highest BCUT2D eigenvalue weighted by Crippen LogP contribution is 2.33. The lowest BCUT2D eigenvalue weighted by Gasteiger charge is -2.06. The summed E-state index contributed by atoms with van der Waals surface area (Å²) in [5.41, 5.74) is -1.83. The highest BCUT2D eigenvalue weighted by Gasteiger charge is 2.39. The SMILES string of the molecule is Nn1c(Sc2nc3ccccn3c(=O)c2[N+](=O)[O-])nnc1C(F)(F)F. The van der Waals surface area contributed by atoms with Gasteiger partial charge in [-0.25, -0.2) is 9.66 Å². The number of nitrogen functional groups attached to an aromatic ring is 1. The Hall–Kier alpha value is -3.16. The molecule has 3 aromatic rings. The number of rotatable bonds is 3. The van der Waals surface area contributed by atoms with Gasteiger partial charge in [0.25, 0.3) is 5.82 Å².